The van der Waals surface area contributed by atoms with E-state index in [2.05, 4.69) is 29.1 Å². The van der Waals surface area contributed by atoms with Gasteiger partial charge in [0.1, 0.15) is 0 Å². The first kappa shape index (κ1) is 15.1. The summed E-state index contributed by atoms with van der Waals surface area (Å²) >= 11 is 0. The summed E-state index contributed by atoms with van der Waals surface area (Å²) in [5.41, 5.74) is 3.85. The number of anilines is 1. The molecule has 0 atom stereocenters. The molecule has 0 saturated heterocycles. The third kappa shape index (κ3) is 3.34. The standard InChI is InChI=1S/C18H18N2O3/c1-2-20-10-9-15-11-13(3-8-17(15)20)12-19-23-16-6-4-14(5-7-16)18(21)22/h3-8,11-12H,2,9-10H2,1H3,(H,21,22)/b19-12+. The van der Waals surface area contributed by atoms with Crippen LogP contribution < -0.4 is 9.74 Å². The second-order valence-electron chi connectivity index (χ2n) is 5.37. The molecular weight excluding hydrogens is 292 g/mol. The van der Waals surface area contributed by atoms with Crippen LogP contribution in [0.2, 0.25) is 0 Å². The van der Waals surface area contributed by atoms with Crippen molar-refractivity contribution in [3.05, 3.63) is 59.2 Å². The van der Waals surface area contributed by atoms with Gasteiger partial charge in [-0.05, 0) is 60.9 Å². The first-order valence-corrected chi connectivity index (χ1v) is 7.59. The summed E-state index contributed by atoms with van der Waals surface area (Å²) in [5, 5.41) is 12.8. The normalized spacial score (nSPS) is 13.3. The van der Waals surface area contributed by atoms with Gasteiger partial charge in [-0.1, -0.05) is 11.2 Å². The lowest BCUT2D eigenvalue weighted by atomic mass is 10.1. The molecule has 2 aromatic rings. The number of fused-ring (bicyclic) bond motifs is 1. The van der Waals surface area contributed by atoms with Gasteiger partial charge in [0.2, 0.25) is 0 Å². The second kappa shape index (κ2) is 6.52. The average Bonchev–Trinajstić information content (AvgIpc) is 2.97. The Morgan fingerprint density at radius 1 is 1.30 bits per heavy atom. The number of hydrogen-bond acceptors (Lipinski definition) is 4. The van der Waals surface area contributed by atoms with Crippen LogP contribution in [0.4, 0.5) is 5.69 Å². The molecule has 3 rings (SSSR count). The summed E-state index contributed by atoms with van der Waals surface area (Å²) < 4.78 is 0. The van der Waals surface area contributed by atoms with Crippen LogP contribution in [0, 0.1) is 0 Å². The van der Waals surface area contributed by atoms with Crippen molar-refractivity contribution in [1.29, 1.82) is 0 Å². The summed E-state index contributed by atoms with van der Waals surface area (Å²) in [4.78, 5) is 18.4. The highest BCUT2D eigenvalue weighted by molar-refractivity contribution is 5.87. The predicted molar refractivity (Wildman–Crippen MR) is 89.7 cm³/mol. The highest BCUT2D eigenvalue weighted by atomic mass is 16.6. The molecule has 1 aliphatic rings. The Hall–Kier alpha value is -2.82. The van der Waals surface area contributed by atoms with Crippen LogP contribution in [0.15, 0.2) is 47.6 Å². The maximum atomic E-state index is 10.8. The van der Waals surface area contributed by atoms with E-state index >= 15 is 0 Å². The van der Waals surface area contributed by atoms with Gasteiger partial charge >= 0.3 is 5.97 Å². The molecule has 0 aromatic heterocycles. The zero-order valence-electron chi connectivity index (χ0n) is 12.9. The number of oxime groups is 1. The molecule has 0 amide bonds. The molecule has 2 aromatic carbocycles. The maximum Gasteiger partial charge on any atom is 0.335 e. The lowest BCUT2D eigenvalue weighted by Gasteiger charge is -2.16. The molecule has 0 aliphatic carbocycles. The monoisotopic (exact) mass is 310 g/mol. The summed E-state index contributed by atoms with van der Waals surface area (Å²) in [7, 11) is 0. The topological polar surface area (TPSA) is 62.1 Å². The molecule has 1 N–H and O–H groups in total. The molecule has 23 heavy (non-hydrogen) atoms. The maximum absolute atomic E-state index is 10.8. The molecule has 0 unspecified atom stereocenters. The van der Waals surface area contributed by atoms with Crippen LogP contribution in [0.5, 0.6) is 5.75 Å². The number of carboxylic acid groups (broad SMARTS) is 1. The van der Waals surface area contributed by atoms with Crippen molar-refractivity contribution in [2.45, 2.75) is 13.3 Å². The lowest BCUT2D eigenvalue weighted by Crippen LogP contribution is -2.18. The van der Waals surface area contributed by atoms with Gasteiger partial charge in [-0.2, -0.15) is 0 Å². The number of nitrogens with zero attached hydrogens (tertiary/aromatic N) is 2. The van der Waals surface area contributed by atoms with E-state index in [0.717, 1.165) is 25.1 Å². The van der Waals surface area contributed by atoms with Gasteiger partial charge in [-0.25, -0.2) is 4.79 Å². The molecule has 5 nitrogen and oxygen atoms in total. The zero-order valence-corrected chi connectivity index (χ0v) is 12.9. The second-order valence-corrected chi connectivity index (χ2v) is 5.37. The van der Waals surface area contributed by atoms with Crippen molar-refractivity contribution in [3.63, 3.8) is 0 Å². The molecule has 5 heteroatoms. The van der Waals surface area contributed by atoms with Gasteiger partial charge in [0.05, 0.1) is 11.8 Å². The summed E-state index contributed by atoms with van der Waals surface area (Å²) in [6.45, 7) is 4.25. The lowest BCUT2D eigenvalue weighted by molar-refractivity contribution is 0.0697. The number of benzene rings is 2. The van der Waals surface area contributed by atoms with Gasteiger partial charge in [0.15, 0.2) is 5.75 Å². The Labute approximate surface area is 134 Å². The van der Waals surface area contributed by atoms with Crippen molar-refractivity contribution in [2.24, 2.45) is 5.16 Å². The molecule has 0 spiro atoms. The van der Waals surface area contributed by atoms with Crippen molar-refractivity contribution >= 4 is 17.9 Å². The van der Waals surface area contributed by atoms with Crippen LogP contribution in [0.3, 0.4) is 0 Å². The number of likely N-dealkylation sites (N-methyl/N-ethyl adjacent to an activating group) is 1. The van der Waals surface area contributed by atoms with Crippen LogP contribution in [-0.4, -0.2) is 30.4 Å². The minimum absolute atomic E-state index is 0.223. The predicted octanol–water partition coefficient (Wildman–Crippen LogP) is 3.18. The molecule has 118 valence electrons. The fraction of sp³-hybridized carbons (Fsp3) is 0.222. The number of rotatable bonds is 5. The van der Waals surface area contributed by atoms with Gasteiger partial charge in [0, 0.05) is 18.8 Å². The Morgan fingerprint density at radius 2 is 2.09 bits per heavy atom. The van der Waals surface area contributed by atoms with Crippen LogP contribution in [-0.2, 0) is 6.42 Å². The van der Waals surface area contributed by atoms with Crippen molar-refractivity contribution in [1.82, 2.24) is 0 Å². The van der Waals surface area contributed by atoms with Gasteiger partial charge in [-0.15, -0.1) is 0 Å². The van der Waals surface area contributed by atoms with E-state index in [0.29, 0.717) is 5.75 Å². The van der Waals surface area contributed by atoms with Crippen molar-refractivity contribution in [3.8, 4) is 5.75 Å². The van der Waals surface area contributed by atoms with Crippen molar-refractivity contribution < 1.29 is 14.7 Å². The number of hydrogen-bond donors (Lipinski definition) is 1. The Balaban J connectivity index is 1.65. The molecule has 1 heterocycles. The highest BCUT2D eigenvalue weighted by Crippen LogP contribution is 2.28. The quantitative estimate of drug-likeness (QED) is 0.680. The smallest absolute Gasteiger partial charge is 0.335 e. The summed E-state index contributed by atoms with van der Waals surface area (Å²) in [5.74, 6) is -0.455. The number of carboxylic acids is 1. The van der Waals surface area contributed by atoms with Gasteiger partial charge < -0.3 is 14.8 Å². The summed E-state index contributed by atoms with van der Waals surface area (Å²) in [6.07, 6.45) is 2.72. The highest BCUT2D eigenvalue weighted by Gasteiger charge is 2.17. The average molecular weight is 310 g/mol. The van der Waals surface area contributed by atoms with Crippen LogP contribution >= 0.6 is 0 Å². The first-order valence-electron chi connectivity index (χ1n) is 7.59. The van der Waals surface area contributed by atoms with E-state index in [4.69, 9.17) is 9.94 Å². The minimum atomic E-state index is -0.959. The fourth-order valence-corrected chi connectivity index (χ4v) is 2.71. The van der Waals surface area contributed by atoms with E-state index < -0.39 is 5.97 Å². The molecule has 0 bridgehead atoms. The number of aromatic carboxylic acids is 1. The Morgan fingerprint density at radius 3 is 2.78 bits per heavy atom. The molecule has 0 saturated carbocycles. The van der Waals surface area contributed by atoms with E-state index in [1.807, 2.05) is 6.07 Å². The largest absolute Gasteiger partial charge is 0.478 e. The molecule has 0 fully saturated rings. The Bertz CT molecular complexity index is 738. The minimum Gasteiger partial charge on any atom is -0.478 e. The molecule has 0 radical (unpaired) electrons. The molecular formula is C18H18N2O3. The fourth-order valence-electron chi connectivity index (χ4n) is 2.71. The third-order valence-corrected chi connectivity index (χ3v) is 3.94. The van der Waals surface area contributed by atoms with Gasteiger partial charge in [-0.3, -0.25) is 0 Å². The third-order valence-electron chi connectivity index (χ3n) is 3.94. The van der Waals surface area contributed by atoms with Crippen LogP contribution in [0.25, 0.3) is 0 Å². The summed E-state index contributed by atoms with van der Waals surface area (Å²) in [6, 6.07) is 12.4. The van der Waals surface area contributed by atoms with E-state index in [9.17, 15) is 4.79 Å². The Kier molecular flexibility index (Phi) is 4.28. The van der Waals surface area contributed by atoms with E-state index in [1.54, 1.807) is 18.3 Å². The first-order chi connectivity index (χ1) is 11.2. The van der Waals surface area contributed by atoms with E-state index in [1.165, 1.54) is 23.4 Å². The SMILES string of the molecule is CCN1CCc2cc(/C=N/Oc3ccc(C(=O)O)cc3)ccc21. The molecule has 1 aliphatic heterocycles. The van der Waals surface area contributed by atoms with Crippen molar-refractivity contribution in [2.75, 3.05) is 18.0 Å². The van der Waals surface area contributed by atoms with E-state index in [-0.39, 0.29) is 5.56 Å². The zero-order chi connectivity index (χ0) is 16.2. The number of carbonyl (C=O) groups is 1. The van der Waals surface area contributed by atoms with Crippen LogP contribution in [0.1, 0.15) is 28.4 Å². The van der Waals surface area contributed by atoms with Gasteiger partial charge in [0.25, 0.3) is 0 Å².